The number of nitrogens with one attached hydrogen (secondary N) is 2. The van der Waals surface area contributed by atoms with Crippen molar-refractivity contribution in [2.45, 2.75) is 13.3 Å². The summed E-state index contributed by atoms with van der Waals surface area (Å²) in [4.78, 5) is 0. The van der Waals surface area contributed by atoms with Gasteiger partial charge in [-0.05, 0) is 60.5 Å². The van der Waals surface area contributed by atoms with E-state index in [0.29, 0.717) is 5.11 Å². The molecule has 0 unspecified atom stereocenters. The van der Waals surface area contributed by atoms with Crippen molar-refractivity contribution in [3.63, 3.8) is 0 Å². The van der Waals surface area contributed by atoms with E-state index in [2.05, 4.69) is 72.2 Å². The third-order valence-electron chi connectivity index (χ3n) is 3.78. The second kappa shape index (κ2) is 7.75. The molecule has 3 rings (SSSR count). The lowest BCUT2D eigenvalue weighted by atomic mass is 10.0. The van der Waals surface area contributed by atoms with Crippen molar-refractivity contribution in [2.24, 2.45) is 0 Å². The Kier molecular flexibility index (Phi) is 5.24. The van der Waals surface area contributed by atoms with Crippen LogP contribution in [0.3, 0.4) is 0 Å². The summed E-state index contributed by atoms with van der Waals surface area (Å²) < 4.78 is 0. The molecule has 0 saturated carbocycles. The predicted molar refractivity (Wildman–Crippen MR) is 107 cm³/mol. The van der Waals surface area contributed by atoms with E-state index >= 15 is 0 Å². The van der Waals surface area contributed by atoms with Gasteiger partial charge in [0.2, 0.25) is 0 Å². The fourth-order valence-corrected chi connectivity index (χ4v) is 2.85. The van der Waals surface area contributed by atoms with Gasteiger partial charge in [0.05, 0.1) is 0 Å². The summed E-state index contributed by atoms with van der Waals surface area (Å²) in [6.07, 6.45) is 0.872. The van der Waals surface area contributed by atoms with E-state index in [-0.39, 0.29) is 0 Å². The number of hydrogen-bond donors (Lipinski definition) is 2. The van der Waals surface area contributed by atoms with Gasteiger partial charge in [-0.15, -0.1) is 0 Å². The van der Waals surface area contributed by atoms with Gasteiger partial charge in [-0.2, -0.15) is 0 Å². The summed E-state index contributed by atoms with van der Waals surface area (Å²) in [7, 11) is 0. The Morgan fingerprint density at radius 2 is 1.58 bits per heavy atom. The maximum atomic E-state index is 5.46. The molecule has 120 valence electrons. The number of anilines is 2. The van der Waals surface area contributed by atoms with E-state index in [1.54, 1.807) is 0 Å². The van der Waals surface area contributed by atoms with Crippen LogP contribution in [0.1, 0.15) is 16.7 Å². The number of para-hydroxylation sites is 1. The SMILES string of the molecule is Cc1cccc(NC(=S)Nc2ccccc2Cc2ccccc2)c1. The van der Waals surface area contributed by atoms with Gasteiger partial charge in [0, 0.05) is 11.4 Å². The average molecular weight is 332 g/mol. The van der Waals surface area contributed by atoms with Gasteiger partial charge >= 0.3 is 0 Å². The van der Waals surface area contributed by atoms with Gasteiger partial charge < -0.3 is 10.6 Å². The maximum absolute atomic E-state index is 5.46. The lowest BCUT2D eigenvalue weighted by Crippen LogP contribution is -2.20. The van der Waals surface area contributed by atoms with E-state index in [0.717, 1.165) is 17.8 Å². The van der Waals surface area contributed by atoms with Gasteiger partial charge in [0.15, 0.2) is 5.11 Å². The molecule has 2 nitrogen and oxygen atoms in total. The van der Waals surface area contributed by atoms with E-state index < -0.39 is 0 Å². The third kappa shape index (κ3) is 4.43. The van der Waals surface area contributed by atoms with Crippen molar-refractivity contribution >= 4 is 28.7 Å². The molecule has 3 aromatic carbocycles. The molecule has 0 aromatic heterocycles. The normalized spacial score (nSPS) is 10.2. The number of aryl methyl sites for hydroxylation is 1. The first-order valence-electron chi connectivity index (χ1n) is 7.97. The zero-order valence-electron chi connectivity index (χ0n) is 13.6. The molecule has 0 aliphatic carbocycles. The first-order chi connectivity index (χ1) is 11.7. The quantitative estimate of drug-likeness (QED) is 0.626. The standard InChI is InChI=1S/C21H20N2S/c1-16-8-7-12-19(14-16)22-21(24)23-20-13-6-5-11-18(20)15-17-9-3-2-4-10-17/h2-14H,15H2,1H3,(H2,22,23,24). The zero-order valence-corrected chi connectivity index (χ0v) is 14.4. The molecule has 0 bridgehead atoms. The topological polar surface area (TPSA) is 24.1 Å². The highest BCUT2D eigenvalue weighted by molar-refractivity contribution is 7.80. The highest BCUT2D eigenvalue weighted by Gasteiger charge is 2.05. The first kappa shape index (κ1) is 16.2. The van der Waals surface area contributed by atoms with Gasteiger partial charge in [0.1, 0.15) is 0 Å². The first-order valence-corrected chi connectivity index (χ1v) is 8.38. The molecular weight excluding hydrogens is 312 g/mol. The molecule has 0 amide bonds. The van der Waals surface area contributed by atoms with Crippen LogP contribution in [0.25, 0.3) is 0 Å². The van der Waals surface area contributed by atoms with E-state index in [4.69, 9.17) is 12.2 Å². The Hall–Kier alpha value is -2.65. The summed E-state index contributed by atoms with van der Waals surface area (Å²) in [6.45, 7) is 2.07. The molecule has 0 aliphatic rings. The van der Waals surface area contributed by atoms with Crippen LogP contribution in [-0.2, 0) is 6.42 Å². The zero-order chi connectivity index (χ0) is 16.8. The van der Waals surface area contributed by atoms with Crippen LogP contribution in [0.2, 0.25) is 0 Å². The molecule has 3 aromatic rings. The van der Waals surface area contributed by atoms with E-state index in [1.807, 2.05) is 24.3 Å². The molecule has 2 N–H and O–H groups in total. The van der Waals surface area contributed by atoms with Crippen molar-refractivity contribution in [1.82, 2.24) is 0 Å². The fourth-order valence-electron chi connectivity index (χ4n) is 2.62. The Morgan fingerprint density at radius 1 is 0.833 bits per heavy atom. The highest BCUT2D eigenvalue weighted by Crippen LogP contribution is 2.19. The molecule has 3 heteroatoms. The predicted octanol–water partition coefficient (Wildman–Crippen LogP) is 5.39. The third-order valence-corrected chi connectivity index (χ3v) is 3.98. The molecular formula is C21H20N2S. The van der Waals surface area contributed by atoms with Crippen LogP contribution in [0.5, 0.6) is 0 Å². The molecule has 24 heavy (non-hydrogen) atoms. The summed E-state index contributed by atoms with van der Waals surface area (Å²) in [6, 6.07) is 26.9. The number of benzene rings is 3. The van der Waals surface area contributed by atoms with Crippen molar-refractivity contribution < 1.29 is 0 Å². The summed E-state index contributed by atoms with van der Waals surface area (Å²) in [5, 5.41) is 7.16. The van der Waals surface area contributed by atoms with Crippen LogP contribution < -0.4 is 10.6 Å². The van der Waals surface area contributed by atoms with Crippen LogP contribution >= 0.6 is 12.2 Å². The Bertz CT molecular complexity index is 828. The number of rotatable bonds is 4. The van der Waals surface area contributed by atoms with Gasteiger partial charge in [-0.1, -0.05) is 60.7 Å². The molecule has 0 radical (unpaired) electrons. The van der Waals surface area contributed by atoms with Gasteiger partial charge in [0.25, 0.3) is 0 Å². The number of thiocarbonyl (C=S) groups is 1. The Labute approximate surface area is 148 Å². The summed E-state index contributed by atoms with van der Waals surface area (Å²) in [5.41, 5.74) is 5.73. The second-order valence-electron chi connectivity index (χ2n) is 5.77. The fraction of sp³-hybridized carbons (Fsp3) is 0.0952. The lowest BCUT2D eigenvalue weighted by Gasteiger charge is -2.14. The molecule has 0 fully saturated rings. The summed E-state index contributed by atoms with van der Waals surface area (Å²) >= 11 is 5.46. The molecule has 0 spiro atoms. The molecule has 0 saturated heterocycles. The van der Waals surface area contributed by atoms with Crippen LogP contribution in [0.15, 0.2) is 78.9 Å². The van der Waals surface area contributed by atoms with Crippen molar-refractivity contribution in [1.29, 1.82) is 0 Å². The summed E-state index contributed by atoms with van der Waals surface area (Å²) in [5.74, 6) is 0. The minimum Gasteiger partial charge on any atom is -0.332 e. The van der Waals surface area contributed by atoms with Gasteiger partial charge in [-0.25, -0.2) is 0 Å². The van der Waals surface area contributed by atoms with E-state index in [9.17, 15) is 0 Å². The van der Waals surface area contributed by atoms with Gasteiger partial charge in [-0.3, -0.25) is 0 Å². The Morgan fingerprint density at radius 3 is 2.38 bits per heavy atom. The van der Waals surface area contributed by atoms with Crippen LogP contribution in [0.4, 0.5) is 11.4 Å². The lowest BCUT2D eigenvalue weighted by molar-refractivity contribution is 1.19. The second-order valence-corrected chi connectivity index (χ2v) is 6.18. The molecule has 0 aliphatic heterocycles. The minimum atomic E-state index is 0.598. The van der Waals surface area contributed by atoms with Crippen LogP contribution in [-0.4, -0.2) is 5.11 Å². The maximum Gasteiger partial charge on any atom is 0.175 e. The van der Waals surface area contributed by atoms with Crippen molar-refractivity contribution in [2.75, 3.05) is 10.6 Å². The average Bonchev–Trinajstić information content (AvgIpc) is 2.57. The largest absolute Gasteiger partial charge is 0.332 e. The monoisotopic (exact) mass is 332 g/mol. The van der Waals surface area contributed by atoms with E-state index in [1.165, 1.54) is 16.7 Å². The highest BCUT2D eigenvalue weighted by atomic mass is 32.1. The molecule has 0 heterocycles. The molecule has 0 atom stereocenters. The smallest absolute Gasteiger partial charge is 0.175 e. The van der Waals surface area contributed by atoms with Crippen molar-refractivity contribution in [3.8, 4) is 0 Å². The van der Waals surface area contributed by atoms with Crippen LogP contribution in [0, 0.1) is 6.92 Å². The Balaban J connectivity index is 1.72. The number of hydrogen-bond acceptors (Lipinski definition) is 1. The van der Waals surface area contributed by atoms with Crippen molar-refractivity contribution in [3.05, 3.63) is 95.6 Å². The minimum absolute atomic E-state index is 0.598.